The maximum atomic E-state index is 12.9. The summed E-state index contributed by atoms with van der Waals surface area (Å²) in [6.45, 7) is 1.43. The molecular weight excluding hydrogens is 384 g/mol. The van der Waals surface area contributed by atoms with E-state index in [4.69, 9.17) is 9.63 Å². The van der Waals surface area contributed by atoms with Gasteiger partial charge in [-0.15, -0.1) is 0 Å². The Balaban J connectivity index is 2.53. The van der Waals surface area contributed by atoms with E-state index in [1.165, 1.54) is 6.92 Å². The minimum atomic E-state index is -5.99. The molecule has 27 heavy (non-hydrogen) atoms. The van der Waals surface area contributed by atoms with Gasteiger partial charge in [0, 0.05) is 11.6 Å². The second-order valence-corrected chi connectivity index (χ2v) is 5.45. The molecular formula is C16H11F6NO4. The molecule has 0 spiro atoms. The van der Waals surface area contributed by atoms with Gasteiger partial charge in [0.15, 0.2) is 0 Å². The molecule has 5 nitrogen and oxygen atoms in total. The lowest BCUT2D eigenvalue weighted by Gasteiger charge is -2.32. The van der Waals surface area contributed by atoms with Gasteiger partial charge in [0.25, 0.3) is 5.60 Å². The summed E-state index contributed by atoms with van der Waals surface area (Å²) in [4.78, 5) is 10.6. The first-order valence-corrected chi connectivity index (χ1v) is 7.13. The molecule has 1 aromatic heterocycles. The molecule has 2 rings (SSSR count). The predicted octanol–water partition coefficient (Wildman–Crippen LogP) is 4.06. The van der Waals surface area contributed by atoms with E-state index in [0.717, 1.165) is 24.3 Å². The lowest BCUT2D eigenvalue weighted by Crippen LogP contribution is -2.53. The lowest BCUT2D eigenvalue weighted by atomic mass is 9.90. The van der Waals surface area contributed by atoms with Crippen LogP contribution in [0.1, 0.15) is 17.0 Å². The molecule has 0 aliphatic rings. The van der Waals surface area contributed by atoms with Crippen molar-refractivity contribution < 1.29 is 45.9 Å². The van der Waals surface area contributed by atoms with Gasteiger partial charge >= 0.3 is 18.3 Å². The van der Waals surface area contributed by atoms with Crippen LogP contribution < -0.4 is 0 Å². The number of aromatic nitrogens is 1. The van der Waals surface area contributed by atoms with Gasteiger partial charge < -0.3 is 14.7 Å². The Hall–Kier alpha value is -2.82. The van der Waals surface area contributed by atoms with Crippen LogP contribution in [0.25, 0.3) is 17.2 Å². The molecule has 0 radical (unpaired) electrons. The topological polar surface area (TPSA) is 83.6 Å². The summed E-state index contributed by atoms with van der Waals surface area (Å²) in [5.41, 5.74) is -6.13. The van der Waals surface area contributed by atoms with Crippen LogP contribution in [-0.2, 0) is 10.4 Å². The van der Waals surface area contributed by atoms with Gasteiger partial charge in [-0.05, 0) is 18.6 Å². The third-order valence-corrected chi connectivity index (χ3v) is 3.68. The summed E-state index contributed by atoms with van der Waals surface area (Å²) in [5, 5.41) is 21.6. The smallest absolute Gasteiger partial charge is 0.430 e. The molecule has 1 heterocycles. The molecule has 0 atom stereocenters. The van der Waals surface area contributed by atoms with Crippen molar-refractivity contribution in [2.75, 3.05) is 0 Å². The minimum Gasteiger partial charge on any atom is -0.478 e. The SMILES string of the molecule is Cc1onc(/C=C/C(=O)O)c1-c1ccc(C(O)(C(F)(F)F)C(F)(F)F)cc1. The van der Waals surface area contributed by atoms with Crippen LogP contribution in [-0.4, -0.2) is 33.7 Å². The van der Waals surface area contributed by atoms with Crippen molar-refractivity contribution in [1.29, 1.82) is 0 Å². The number of carbonyl (C=O) groups is 1. The summed E-state index contributed by atoms with van der Waals surface area (Å²) in [6, 6.07) is 2.78. The van der Waals surface area contributed by atoms with Crippen LogP contribution in [0.5, 0.6) is 0 Å². The zero-order chi connectivity index (χ0) is 20.6. The molecule has 146 valence electrons. The second-order valence-electron chi connectivity index (χ2n) is 5.45. The first kappa shape index (κ1) is 20.5. The molecule has 11 heteroatoms. The van der Waals surface area contributed by atoms with Crippen molar-refractivity contribution in [1.82, 2.24) is 5.16 Å². The number of carboxylic acids is 1. The number of aryl methyl sites for hydroxylation is 1. The Kier molecular flexibility index (Phi) is 5.10. The Labute approximate surface area is 147 Å². The number of nitrogens with zero attached hydrogens (tertiary/aromatic N) is 1. The Morgan fingerprint density at radius 3 is 2.04 bits per heavy atom. The number of benzene rings is 1. The summed E-state index contributed by atoms with van der Waals surface area (Å²) < 4.78 is 82.3. The van der Waals surface area contributed by atoms with Gasteiger partial charge in [0.2, 0.25) is 0 Å². The average molecular weight is 395 g/mol. The van der Waals surface area contributed by atoms with Gasteiger partial charge in [0.1, 0.15) is 11.5 Å². The van der Waals surface area contributed by atoms with Crippen LogP contribution in [0.3, 0.4) is 0 Å². The molecule has 0 saturated carbocycles. The number of halogens is 6. The van der Waals surface area contributed by atoms with E-state index >= 15 is 0 Å². The summed E-state index contributed by atoms with van der Waals surface area (Å²) in [7, 11) is 0. The van der Waals surface area contributed by atoms with Crippen molar-refractivity contribution >= 4 is 12.0 Å². The molecule has 0 saturated heterocycles. The fraction of sp³-hybridized carbons (Fsp3) is 0.250. The quantitative estimate of drug-likeness (QED) is 0.603. The van der Waals surface area contributed by atoms with Crippen LogP contribution >= 0.6 is 0 Å². The zero-order valence-electron chi connectivity index (χ0n) is 13.4. The van der Waals surface area contributed by atoms with E-state index < -0.39 is 29.5 Å². The fourth-order valence-corrected chi connectivity index (χ4v) is 2.37. The summed E-state index contributed by atoms with van der Waals surface area (Å²) in [5.74, 6) is -1.13. The van der Waals surface area contributed by atoms with Crippen molar-refractivity contribution in [3.63, 3.8) is 0 Å². The fourth-order valence-electron chi connectivity index (χ4n) is 2.37. The van der Waals surface area contributed by atoms with E-state index in [2.05, 4.69) is 5.16 Å². The highest BCUT2D eigenvalue weighted by molar-refractivity contribution is 5.87. The zero-order valence-corrected chi connectivity index (χ0v) is 13.4. The van der Waals surface area contributed by atoms with E-state index in [9.17, 15) is 36.2 Å². The monoisotopic (exact) mass is 395 g/mol. The first-order valence-electron chi connectivity index (χ1n) is 7.13. The van der Waals surface area contributed by atoms with Crippen LogP contribution in [0.4, 0.5) is 26.3 Å². The van der Waals surface area contributed by atoms with Gasteiger partial charge in [0.05, 0.1) is 5.56 Å². The molecule has 0 aliphatic heterocycles. The predicted molar refractivity (Wildman–Crippen MR) is 79.4 cm³/mol. The maximum absolute atomic E-state index is 12.9. The number of aliphatic carboxylic acids is 1. The highest BCUT2D eigenvalue weighted by Gasteiger charge is 2.71. The first-order chi connectivity index (χ1) is 12.3. The third-order valence-electron chi connectivity index (χ3n) is 3.68. The molecule has 0 amide bonds. The standard InChI is InChI=1S/C16H11F6NO4/c1-8-13(11(23-27-8)6-7-12(24)25)9-2-4-10(5-3-9)14(26,15(17,18)19)16(20,21)22/h2-7,26H,1H3,(H,24,25)/b7-6+. The van der Waals surface area contributed by atoms with Crippen LogP contribution in [0.15, 0.2) is 34.9 Å². The van der Waals surface area contributed by atoms with Gasteiger partial charge in [-0.25, -0.2) is 4.79 Å². The van der Waals surface area contributed by atoms with E-state index in [1.54, 1.807) is 0 Å². The minimum absolute atomic E-state index is 0.0181. The van der Waals surface area contributed by atoms with Crippen molar-refractivity contribution in [3.8, 4) is 11.1 Å². The van der Waals surface area contributed by atoms with Crippen molar-refractivity contribution in [2.45, 2.75) is 24.9 Å². The Morgan fingerprint density at radius 2 is 1.59 bits per heavy atom. The Morgan fingerprint density at radius 1 is 1.07 bits per heavy atom. The molecule has 0 unspecified atom stereocenters. The second kappa shape index (κ2) is 6.72. The third kappa shape index (κ3) is 3.68. The van der Waals surface area contributed by atoms with Gasteiger partial charge in [-0.2, -0.15) is 26.3 Å². The molecule has 0 bridgehead atoms. The summed E-state index contributed by atoms with van der Waals surface area (Å²) >= 11 is 0. The number of hydrogen-bond donors (Lipinski definition) is 2. The van der Waals surface area contributed by atoms with Crippen LogP contribution in [0, 0.1) is 6.92 Å². The molecule has 1 aromatic carbocycles. The van der Waals surface area contributed by atoms with Crippen molar-refractivity contribution in [2.24, 2.45) is 0 Å². The molecule has 2 N–H and O–H groups in total. The van der Waals surface area contributed by atoms with E-state index in [1.807, 2.05) is 0 Å². The van der Waals surface area contributed by atoms with Crippen molar-refractivity contribution in [3.05, 3.63) is 47.4 Å². The van der Waals surface area contributed by atoms with Gasteiger partial charge in [-0.3, -0.25) is 0 Å². The highest BCUT2D eigenvalue weighted by Crippen LogP contribution is 2.50. The highest BCUT2D eigenvalue weighted by atomic mass is 19.4. The largest absolute Gasteiger partial charge is 0.478 e. The van der Waals surface area contributed by atoms with Crippen LogP contribution in [0.2, 0.25) is 0 Å². The number of carboxylic acid groups (broad SMARTS) is 1. The molecule has 0 aliphatic carbocycles. The number of rotatable bonds is 4. The Bertz CT molecular complexity index is 851. The number of alkyl halides is 6. The average Bonchev–Trinajstić information content (AvgIpc) is 2.91. The maximum Gasteiger partial charge on any atom is 0.430 e. The number of aliphatic hydroxyl groups is 1. The summed E-state index contributed by atoms with van der Waals surface area (Å²) in [6.07, 6.45) is -10.2. The van der Waals surface area contributed by atoms with Gasteiger partial charge in [-0.1, -0.05) is 29.4 Å². The van der Waals surface area contributed by atoms with E-state index in [-0.39, 0.29) is 22.6 Å². The molecule has 2 aromatic rings. The van der Waals surface area contributed by atoms with E-state index in [0.29, 0.717) is 12.1 Å². The number of hydrogen-bond acceptors (Lipinski definition) is 4. The molecule has 0 fully saturated rings. The normalized spacial score (nSPS) is 13.3. The lowest BCUT2D eigenvalue weighted by molar-refractivity contribution is -0.376.